The van der Waals surface area contributed by atoms with Crippen LogP contribution in [0.3, 0.4) is 0 Å². The first-order chi connectivity index (χ1) is 20.5. The van der Waals surface area contributed by atoms with Crippen molar-refractivity contribution in [1.82, 2.24) is 14.9 Å². The van der Waals surface area contributed by atoms with Gasteiger partial charge < -0.3 is 29.3 Å². The average molecular weight is 624 g/mol. The smallest absolute Gasteiger partial charge is 0.291 e. The highest BCUT2D eigenvalue weighted by atomic mass is 28.4. The number of carbonyl (C=O) groups excluding carboxylic acids is 1. The van der Waals surface area contributed by atoms with E-state index in [1.807, 2.05) is 6.07 Å². The minimum atomic E-state index is -1.44. The zero-order chi connectivity index (χ0) is 30.8. The molecule has 12 heteroatoms. The van der Waals surface area contributed by atoms with Crippen molar-refractivity contribution in [2.75, 3.05) is 64.2 Å². The number of hydrogen-bond donors (Lipinski definition) is 2. The first-order valence-electron chi connectivity index (χ1n) is 15.1. The molecule has 3 aromatic rings. The summed E-state index contributed by atoms with van der Waals surface area (Å²) < 4.78 is 22.4. The van der Waals surface area contributed by atoms with Crippen molar-refractivity contribution in [1.29, 1.82) is 0 Å². The Labute approximate surface area is 256 Å². The van der Waals surface area contributed by atoms with E-state index in [1.165, 1.54) is 31.0 Å². The highest BCUT2D eigenvalue weighted by Gasteiger charge is 2.44. The van der Waals surface area contributed by atoms with Gasteiger partial charge in [-0.05, 0) is 43.1 Å². The summed E-state index contributed by atoms with van der Waals surface area (Å²) in [6.07, 6.45) is 1.57. The number of rotatable bonds is 11. The molecule has 0 radical (unpaired) electrons. The third-order valence-corrected chi connectivity index (χ3v) is 19.6. The van der Waals surface area contributed by atoms with Crippen molar-refractivity contribution in [2.24, 2.45) is 0 Å². The van der Waals surface area contributed by atoms with E-state index in [0.29, 0.717) is 18.9 Å². The number of carbonyl (C=O) groups is 1. The molecule has 10 nitrogen and oxygen atoms in total. The monoisotopic (exact) mass is 623 g/mol. The number of benzene rings is 1. The van der Waals surface area contributed by atoms with Crippen LogP contribution in [0.4, 0.5) is 11.6 Å². The van der Waals surface area contributed by atoms with Gasteiger partial charge in [-0.2, -0.15) is 9.97 Å². The number of nitrogens with one attached hydrogen (secondary N) is 2. The van der Waals surface area contributed by atoms with E-state index in [9.17, 15) is 4.79 Å². The lowest BCUT2D eigenvalue weighted by molar-refractivity contribution is 0.0378. The van der Waals surface area contributed by atoms with Gasteiger partial charge in [-0.3, -0.25) is 9.69 Å². The molecule has 1 aromatic carbocycles. The molecule has 2 N–H and O–H groups in total. The molecule has 0 saturated carbocycles. The fourth-order valence-electron chi connectivity index (χ4n) is 6.55. The topological polar surface area (TPSA) is 111 Å². The van der Waals surface area contributed by atoms with Crippen LogP contribution in [0.2, 0.25) is 31.9 Å². The number of methoxy groups -OCH3 is 2. The van der Waals surface area contributed by atoms with Gasteiger partial charge in [0.1, 0.15) is 5.76 Å². The lowest BCUT2D eigenvalue weighted by atomic mass is 10.0. The number of aryl methyl sites for hydroxylation is 1. The highest BCUT2D eigenvalue weighted by Crippen LogP contribution is 2.33. The molecular formula is C31H45N5O5Si2. The number of aromatic nitrogens is 2. The first-order valence-corrected chi connectivity index (χ1v) is 21.5. The molecule has 232 valence electrons. The van der Waals surface area contributed by atoms with Crippen LogP contribution in [0.25, 0.3) is 0 Å². The summed E-state index contributed by atoms with van der Waals surface area (Å²) in [5.74, 6) is 1.30. The molecule has 2 aliphatic heterocycles. The Kier molecular flexibility index (Phi) is 9.30. The van der Waals surface area contributed by atoms with Crippen molar-refractivity contribution in [3.05, 3.63) is 46.9 Å². The van der Waals surface area contributed by atoms with E-state index in [4.69, 9.17) is 18.6 Å². The minimum Gasteiger partial charge on any atom is -0.479 e. The summed E-state index contributed by atoms with van der Waals surface area (Å²) in [5, 5.41) is 9.30. The van der Waals surface area contributed by atoms with E-state index in [-0.39, 0.29) is 23.2 Å². The van der Waals surface area contributed by atoms with Gasteiger partial charge in [0.15, 0.2) is 11.4 Å². The summed E-state index contributed by atoms with van der Waals surface area (Å²) in [5.41, 5.74) is 4.19. The number of furan rings is 1. The average Bonchev–Trinajstić information content (AvgIpc) is 3.51. The molecule has 0 bridgehead atoms. The van der Waals surface area contributed by atoms with Crippen LogP contribution in [-0.2, 0) is 11.2 Å². The van der Waals surface area contributed by atoms with Gasteiger partial charge >= 0.3 is 0 Å². The van der Waals surface area contributed by atoms with Crippen LogP contribution in [0, 0.1) is 6.92 Å². The zero-order valence-corrected chi connectivity index (χ0v) is 28.6. The minimum absolute atomic E-state index is 0.200. The first kappa shape index (κ1) is 31.2. The van der Waals surface area contributed by atoms with Crippen LogP contribution in [0.15, 0.2) is 28.7 Å². The van der Waals surface area contributed by atoms with Gasteiger partial charge in [0, 0.05) is 26.1 Å². The lowest BCUT2D eigenvalue weighted by Crippen LogP contribution is -2.44. The normalized spacial score (nSPS) is 17.4. The van der Waals surface area contributed by atoms with Gasteiger partial charge in [0.2, 0.25) is 17.7 Å². The SMILES string of the molecule is COc1nc(NCCCN2CCOCC2)nc(OC)c1NC(=O)c1ccc(Cc2cc3c(cc2C)[Si](C)(C)C[Si]3(C)C)o1. The number of ether oxygens (including phenoxy) is 3. The number of fused-ring (bicyclic) bond motifs is 1. The third-order valence-electron chi connectivity index (χ3n) is 8.57. The Morgan fingerprint density at radius 3 is 2.30 bits per heavy atom. The van der Waals surface area contributed by atoms with Crippen LogP contribution >= 0.6 is 0 Å². The van der Waals surface area contributed by atoms with Crippen molar-refractivity contribution >= 4 is 44.1 Å². The number of hydrogen-bond acceptors (Lipinski definition) is 9. The van der Waals surface area contributed by atoms with Crippen molar-refractivity contribution in [3.8, 4) is 11.8 Å². The van der Waals surface area contributed by atoms with E-state index >= 15 is 0 Å². The Balaban J connectivity index is 1.25. The summed E-state index contributed by atoms with van der Waals surface area (Å²) in [6.45, 7) is 17.3. The Bertz CT molecular complexity index is 1440. The molecule has 1 fully saturated rings. The second-order valence-electron chi connectivity index (χ2n) is 12.8. The molecule has 2 aliphatic rings. The molecule has 0 atom stereocenters. The maximum atomic E-state index is 13.2. The quantitative estimate of drug-likeness (QED) is 0.244. The van der Waals surface area contributed by atoms with Crippen LogP contribution in [-0.4, -0.2) is 90.5 Å². The molecule has 5 rings (SSSR count). The van der Waals surface area contributed by atoms with E-state index in [0.717, 1.165) is 45.0 Å². The zero-order valence-electron chi connectivity index (χ0n) is 26.6. The number of nitrogens with zero attached hydrogens (tertiary/aromatic N) is 3. The van der Waals surface area contributed by atoms with Crippen LogP contribution in [0.5, 0.6) is 11.8 Å². The fourth-order valence-corrected chi connectivity index (χ4v) is 21.7. The molecule has 0 spiro atoms. The predicted molar refractivity (Wildman–Crippen MR) is 175 cm³/mol. The Morgan fingerprint density at radius 2 is 1.65 bits per heavy atom. The Morgan fingerprint density at radius 1 is 1.00 bits per heavy atom. The predicted octanol–water partition coefficient (Wildman–Crippen LogP) is 3.76. The fraction of sp³-hybridized carbons (Fsp3) is 0.516. The van der Waals surface area contributed by atoms with Gasteiger partial charge in [0.05, 0.1) is 43.6 Å². The molecule has 4 heterocycles. The number of morpholine rings is 1. The molecular weight excluding hydrogens is 579 g/mol. The van der Waals surface area contributed by atoms with Gasteiger partial charge in [-0.25, -0.2) is 0 Å². The largest absolute Gasteiger partial charge is 0.479 e. The van der Waals surface area contributed by atoms with E-state index < -0.39 is 22.1 Å². The van der Waals surface area contributed by atoms with Crippen LogP contribution < -0.4 is 30.5 Å². The summed E-state index contributed by atoms with van der Waals surface area (Å²) in [4.78, 5) is 24.5. The molecule has 43 heavy (non-hydrogen) atoms. The summed E-state index contributed by atoms with van der Waals surface area (Å²) in [6, 6.07) is 8.42. The maximum Gasteiger partial charge on any atom is 0.291 e. The number of anilines is 2. The highest BCUT2D eigenvalue weighted by molar-refractivity contribution is 7.14. The van der Waals surface area contributed by atoms with Crippen molar-refractivity contribution in [2.45, 2.75) is 51.6 Å². The van der Waals surface area contributed by atoms with E-state index in [2.05, 4.69) is 70.7 Å². The molecule has 2 aromatic heterocycles. The molecule has 1 saturated heterocycles. The second kappa shape index (κ2) is 12.8. The van der Waals surface area contributed by atoms with Gasteiger partial charge in [0.25, 0.3) is 5.91 Å². The third kappa shape index (κ3) is 6.98. The molecule has 1 amide bonds. The summed E-state index contributed by atoms with van der Waals surface area (Å²) >= 11 is 0. The maximum absolute atomic E-state index is 13.2. The second-order valence-corrected chi connectivity index (χ2v) is 22.9. The van der Waals surface area contributed by atoms with E-state index in [1.54, 1.807) is 16.4 Å². The molecule has 0 aliphatic carbocycles. The Hall–Kier alpha value is -3.20. The van der Waals surface area contributed by atoms with Gasteiger partial charge in [-0.15, -0.1) is 0 Å². The standard InChI is InChI=1S/C31H45N5O5Si2/c1-21-17-25-26(43(6,7)20-42(25,4)5)19-22(21)18-23-9-10-24(41-23)28(37)33-27-29(38-2)34-31(35-30(27)39-3)32-11-8-12-36-13-15-40-16-14-36/h9-10,17,19H,8,11-16,18,20H2,1-7H3,(H,33,37)(H,32,34,35). The summed E-state index contributed by atoms with van der Waals surface area (Å²) in [7, 11) is 0.172. The number of amides is 1. The molecule has 0 unspecified atom stereocenters. The van der Waals surface area contributed by atoms with Gasteiger partial charge in [-0.1, -0.05) is 54.4 Å². The van der Waals surface area contributed by atoms with Crippen molar-refractivity contribution in [3.63, 3.8) is 0 Å². The lowest BCUT2D eigenvalue weighted by Gasteiger charge is -2.26. The van der Waals surface area contributed by atoms with Crippen LogP contribution in [0.1, 0.15) is 33.9 Å². The van der Waals surface area contributed by atoms with Crippen molar-refractivity contribution < 1.29 is 23.4 Å².